The molecule has 0 saturated carbocycles. The molecule has 31 heavy (non-hydrogen) atoms. The number of rotatable bonds is 5. The normalized spacial score (nSPS) is 19.2. The van der Waals surface area contributed by atoms with Crippen LogP contribution in [0.2, 0.25) is 0 Å². The van der Waals surface area contributed by atoms with Gasteiger partial charge in [0.05, 0.1) is 7.11 Å². The maximum Gasteiger partial charge on any atom is 0.304 e. The summed E-state index contributed by atoms with van der Waals surface area (Å²) in [5, 5.41) is 2.91. The maximum absolute atomic E-state index is 12.9. The van der Waals surface area contributed by atoms with E-state index in [-0.39, 0.29) is 11.8 Å². The van der Waals surface area contributed by atoms with E-state index in [1.165, 1.54) is 0 Å². The van der Waals surface area contributed by atoms with E-state index in [2.05, 4.69) is 10.7 Å². The Morgan fingerprint density at radius 1 is 1.00 bits per heavy atom. The number of hydrazine groups is 1. The van der Waals surface area contributed by atoms with Crippen LogP contribution in [0.1, 0.15) is 33.1 Å². The van der Waals surface area contributed by atoms with Crippen molar-refractivity contribution in [1.29, 1.82) is 0 Å². The molecular formula is C25H24N3O3+. The standard InChI is InChI=1S/C25H23N3O3/c1-17-8-12-20(13-9-17)24(29)26-22-23(19-6-4-3-5-7-19)28(27-25(22)30)16-18-10-14-21(31-2)15-11-18/h3-16,22-23H,1-2H3,(H-,26,27,29,30)/p+1/b28-16-/t22-,23+/m0/s1. The molecule has 1 heterocycles. The van der Waals surface area contributed by atoms with Gasteiger partial charge in [-0.05, 0) is 43.3 Å². The van der Waals surface area contributed by atoms with Crippen molar-refractivity contribution in [3.05, 3.63) is 101 Å². The Morgan fingerprint density at radius 2 is 1.68 bits per heavy atom. The maximum atomic E-state index is 12.9. The first-order valence-corrected chi connectivity index (χ1v) is 10.1. The van der Waals surface area contributed by atoms with Crippen molar-refractivity contribution in [3.63, 3.8) is 0 Å². The van der Waals surface area contributed by atoms with Gasteiger partial charge in [0.15, 0.2) is 6.04 Å². The van der Waals surface area contributed by atoms with Gasteiger partial charge in [0.25, 0.3) is 5.91 Å². The third kappa shape index (κ3) is 4.48. The molecule has 2 N–H and O–H groups in total. The summed E-state index contributed by atoms with van der Waals surface area (Å²) in [4.78, 5) is 25.7. The topological polar surface area (TPSA) is 70.4 Å². The Morgan fingerprint density at radius 3 is 2.32 bits per heavy atom. The number of amides is 2. The van der Waals surface area contributed by atoms with Crippen molar-refractivity contribution in [2.24, 2.45) is 0 Å². The van der Waals surface area contributed by atoms with Crippen LogP contribution in [0.25, 0.3) is 0 Å². The van der Waals surface area contributed by atoms with E-state index >= 15 is 0 Å². The van der Waals surface area contributed by atoms with Gasteiger partial charge in [-0.15, -0.1) is 10.1 Å². The lowest BCUT2D eigenvalue weighted by Crippen LogP contribution is -2.42. The first-order valence-electron chi connectivity index (χ1n) is 10.1. The first kappa shape index (κ1) is 20.3. The lowest BCUT2D eigenvalue weighted by molar-refractivity contribution is -0.596. The smallest absolute Gasteiger partial charge is 0.304 e. The van der Waals surface area contributed by atoms with Crippen molar-refractivity contribution in [3.8, 4) is 5.75 Å². The van der Waals surface area contributed by atoms with E-state index in [1.54, 1.807) is 23.9 Å². The highest BCUT2D eigenvalue weighted by Crippen LogP contribution is 2.25. The van der Waals surface area contributed by atoms with Gasteiger partial charge in [-0.3, -0.25) is 9.59 Å². The quantitative estimate of drug-likeness (QED) is 0.631. The van der Waals surface area contributed by atoms with E-state index in [1.807, 2.05) is 79.9 Å². The number of hydrogen-bond acceptors (Lipinski definition) is 3. The van der Waals surface area contributed by atoms with Crippen LogP contribution >= 0.6 is 0 Å². The van der Waals surface area contributed by atoms with E-state index in [9.17, 15) is 9.59 Å². The van der Waals surface area contributed by atoms with E-state index in [0.717, 1.165) is 22.4 Å². The number of carbonyl (C=O) groups is 2. The van der Waals surface area contributed by atoms with Crippen LogP contribution in [0.5, 0.6) is 5.75 Å². The third-order valence-electron chi connectivity index (χ3n) is 5.28. The fraction of sp³-hybridized carbons (Fsp3) is 0.160. The van der Waals surface area contributed by atoms with Crippen LogP contribution < -0.4 is 15.5 Å². The van der Waals surface area contributed by atoms with E-state index in [4.69, 9.17) is 4.74 Å². The Hall–Kier alpha value is -3.93. The Bertz CT molecular complexity index is 1110. The molecular weight excluding hydrogens is 390 g/mol. The molecule has 4 rings (SSSR count). The van der Waals surface area contributed by atoms with Crippen LogP contribution in [0.15, 0.2) is 78.9 Å². The van der Waals surface area contributed by atoms with Gasteiger partial charge in [0, 0.05) is 16.7 Å². The summed E-state index contributed by atoms with van der Waals surface area (Å²) in [7, 11) is 1.62. The van der Waals surface area contributed by atoms with Crippen molar-refractivity contribution in [2.45, 2.75) is 19.0 Å². The van der Waals surface area contributed by atoms with Gasteiger partial charge in [-0.1, -0.05) is 48.0 Å². The largest absolute Gasteiger partial charge is 0.497 e. The molecule has 0 radical (unpaired) electrons. The summed E-state index contributed by atoms with van der Waals surface area (Å²) in [5.41, 5.74) is 6.28. The highest BCUT2D eigenvalue weighted by Gasteiger charge is 2.47. The molecule has 1 saturated heterocycles. The Labute approximate surface area is 181 Å². The van der Waals surface area contributed by atoms with Gasteiger partial charge in [-0.25, -0.2) is 0 Å². The summed E-state index contributed by atoms with van der Waals surface area (Å²) in [6.07, 6.45) is 1.85. The number of aryl methyl sites for hydroxylation is 1. The molecule has 2 atom stereocenters. The fourth-order valence-corrected chi connectivity index (χ4v) is 3.61. The lowest BCUT2D eigenvalue weighted by atomic mass is 9.99. The molecule has 3 aromatic carbocycles. The molecule has 0 bridgehead atoms. The SMILES string of the molecule is COc1ccc(/C=[N+]2\NC(=O)[C@@H](NC(=O)c3ccc(C)cc3)[C@H]2c2ccccc2)cc1. The van der Waals surface area contributed by atoms with Crippen molar-refractivity contribution in [1.82, 2.24) is 10.7 Å². The van der Waals surface area contributed by atoms with Gasteiger partial charge in [0.2, 0.25) is 12.3 Å². The van der Waals surface area contributed by atoms with Crippen LogP contribution in [0.3, 0.4) is 0 Å². The molecule has 0 spiro atoms. The molecule has 6 heteroatoms. The number of ether oxygens (including phenoxy) is 1. The van der Waals surface area contributed by atoms with E-state index < -0.39 is 12.1 Å². The second kappa shape index (κ2) is 8.83. The summed E-state index contributed by atoms with van der Waals surface area (Å²) in [6.45, 7) is 1.96. The van der Waals surface area contributed by atoms with Gasteiger partial charge in [-0.2, -0.15) is 0 Å². The van der Waals surface area contributed by atoms with E-state index in [0.29, 0.717) is 5.56 Å². The van der Waals surface area contributed by atoms with Crippen LogP contribution in [0.4, 0.5) is 0 Å². The first-order chi connectivity index (χ1) is 15.0. The fourth-order valence-electron chi connectivity index (χ4n) is 3.61. The molecule has 0 aliphatic carbocycles. The minimum Gasteiger partial charge on any atom is -0.497 e. The minimum absolute atomic E-state index is 0.265. The molecule has 156 valence electrons. The summed E-state index contributed by atoms with van der Waals surface area (Å²) in [6, 6.07) is 23.3. The van der Waals surface area contributed by atoms with Gasteiger partial charge in [0.1, 0.15) is 5.75 Å². The number of hydrogen-bond donors (Lipinski definition) is 2. The predicted octanol–water partition coefficient (Wildman–Crippen LogP) is 3.02. The highest BCUT2D eigenvalue weighted by molar-refractivity contribution is 5.98. The Balaban J connectivity index is 1.66. The third-order valence-corrected chi connectivity index (χ3v) is 5.28. The minimum atomic E-state index is -0.745. The highest BCUT2D eigenvalue weighted by atomic mass is 16.5. The average Bonchev–Trinajstić information content (AvgIpc) is 3.09. The zero-order valence-corrected chi connectivity index (χ0v) is 17.4. The lowest BCUT2D eigenvalue weighted by Gasteiger charge is -2.14. The number of hydrazone groups is 1. The molecule has 1 fully saturated rings. The number of carbonyl (C=O) groups excluding carboxylic acids is 2. The zero-order valence-electron chi connectivity index (χ0n) is 17.4. The van der Waals surface area contributed by atoms with Crippen molar-refractivity contribution >= 4 is 18.0 Å². The van der Waals surface area contributed by atoms with Gasteiger partial charge < -0.3 is 10.1 Å². The van der Waals surface area contributed by atoms with Crippen molar-refractivity contribution in [2.75, 3.05) is 7.11 Å². The molecule has 1 aliphatic heterocycles. The number of nitrogens with zero attached hydrogens (tertiary/aromatic N) is 1. The Kier molecular flexibility index (Phi) is 5.80. The summed E-state index contributed by atoms with van der Waals surface area (Å²) in [5.74, 6) is 0.205. The zero-order chi connectivity index (χ0) is 21.8. The van der Waals surface area contributed by atoms with Gasteiger partial charge >= 0.3 is 5.91 Å². The van der Waals surface area contributed by atoms with Crippen LogP contribution in [-0.2, 0) is 4.79 Å². The molecule has 3 aromatic rings. The summed E-state index contributed by atoms with van der Waals surface area (Å²) < 4.78 is 6.96. The molecule has 0 unspecified atom stereocenters. The second-order valence-electron chi connectivity index (χ2n) is 7.46. The molecule has 6 nitrogen and oxygen atoms in total. The number of benzene rings is 3. The molecule has 2 amide bonds. The number of nitrogens with one attached hydrogen (secondary N) is 2. The molecule has 1 aliphatic rings. The monoisotopic (exact) mass is 414 g/mol. The average molecular weight is 414 g/mol. The second-order valence-corrected chi connectivity index (χ2v) is 7.46. The summed E-state index contributed by atoms with van der Waals surface area (Å²) >= 11 is 0. The van der Waals surface area contributed by atoms with Crippen LogP contribution in [0, 0.1) is 6.92 Å². The molecule has 0 aromatic heterocycles. The predicted molar refractivity (Wildman–Crippen MR) is 118 cm³/mol. The number of methoxy groups -OCH3 is 1. The van der Waals surface area contributed by atoms with Crippen LogP contribution in [-0.4, -0.2) is 35.9 Å². The van der Waals surface area contributed by atoms with Crippen molar-refractivity contribution < 1.29 is 19.0 Å².